The molecular formula is C7H4ClN3O. The monoisotopic (exact) mass is 181 g/mol. The zero-order chi connectivity index (χ0) is 8.55. The summed E-state index contributed by atoms with van der Waals surface area (Å²) in [5.41, 5.74) is 1.83. The zero-order valence-electron chi connectivity index (χ0n) is 5.91. The Morgan fingerprint density at radius 2 is 2.42 bits per heavy atom. The van der Waals surface area contributed by atoms with Crippen LogP contribution >= 0.6 is 11.6 Å². The van der Waals surface area contributed by atoms with E-state index in [9.17, 15) is 4.79 Å². The summed E-state index contributed by atoms with van der Waals surface area (Å²) in [5.74, 6) is 0. The molecule has 0 aliphatic heterocycles. The molecule has 2 aromatic rings. The number of fused-ring (bicyclic) bond motifs is 1. The van der Waals surface area contributed by atoms with Crippen LogP contribution in [0.2, 0.25) is 5.28 Å². The van der Waals surface area contributed by atoms with Gasteiger partial charge in [0, 0.05) is 0 Å². The van der Waals surface area contributed by atoms with Gasteiger partial charge in [0.05, 0.1) is 22.9 Å². The standard InChI is InChI=1S/C7H4ClN3O/c8-7-9-2-6-5(11-7)1-4(3-12)10-6/h1-3,10H. The average molecular weight is 182 g/mol. The number of aromatic amines is 1. The smallest absolute Gasteiger partial charge is 0.223 e. The Balaban J connectivity index is 2.75. The number of carbonyl (C=O) groups excluding carboxylic acids is 1. The highest BCUT2D eigenvalue weighted by Crippen LogP contribution is 2.12. The van der Waals surface area contributed by atoms with E-state index in [-0.39, 0.29) is 5.28 Å². The number of nitrogens with zero attached hydrogens (tertiary/aromatic N) is 2. The molecule has 2 rings (SSSR count). The molecule has 5 heteroatoms. The number of carbonyl (C=O) groups is 1. The third-order valence-electron chi connectivity index (χ3n) is 1.49. The van der Waals surface area contributed by atoms with Crippen molar-refractivity contribution in [1.29, 1.82) is 0 Å². The summed E-state index contributed by atoms with van der Waals surface area (Å²) in [6.45, 7) is 0. The topological polar surface area (TPSA) is 58.6 Å². The molecule has 1 N–H and O–H groups in total. The van der Waals surface area contributed by atoms with Crippen molar-refractivity contribution in [3.8, 4) is 0 Å². The predicted octanol–water partition coefficient (Wildman–Crippen LogP) is 1.42. The normalized spacial score (nSPS) is 10.4. The second kappa shape index (κ2) is 2.57. The molecule has 0 bridgehead atoms. The van der Waals surface area contributed by atoms with Crippen LogP contribution in [0.1, 0.15) is 10.5 Å². The minimum absolute atomic E-state index is 0.180. The molecular weight excluding hydrogens is 178 g/mol. The molecule has 0 amide bonds. The number of hydrogen-bond donors (Lipinski definition) is 1. The molecule has 0 radical (unpaired) electrons. The SMILES string of the molecule is O=Cc1cc2nc(Cl)ncc2[nH]1. The Hall–Kier alpha value is -1.42. The first kappa shape index (κ1) is 7.24. The Morgan fingerprint density at radius 1 is 1.58 bits per heavy atom. The highest BCUT2D eigenvalue weighted by atomic mass is 35.5. The van der Waals surface area contributed by atoms with Crippen LogP contribution in [-0.4, -0.2) is 21.2 Å². The van der Waals surface area contributed by atoms with E-state index >= 15 is 0 Å². The summed E-state index contributed by atoms with van der Waals surface area (Å²) in [6.07, 6.45) is 2.26. The van der Waals surface area contributed by atoms with Crippen molar-refractivity contribution < 1.29 is 4.79 Å². The zero-order valence-corrected chi connectivity index (χ0v) is 6.67. The van der Waals surface area contributed by atoms with Gasteiger partial charge in [-0.1, -0.05) is 0 Å². The van der Waals surface area contributed by atoms with Gasteiger partial charge in [0.1, 0.15) is 0 Å². The van der Waals surface area contributed by atoms with Gasteiger partial charge in [0.15, 0.2) is 6.29 Å². The second-order valence-electron chi connectivity index (χ2n) is 2.28. The number of rotatable bonds is 1. The van der Waals surface area contributed by atoms with Gasteiger partial charge in [-0.3, -0.25) is 4.79 Å². The summed E-state index contributed by atoms with van der Waals surface area (Å²) >= 11 is 5.55. The molecule has 0 saturated heterocycles. The summed E-state index contributed by atoms with van der Waals surface area (Å²) < 4.78 is 0. The number of aldehydes is 1. The van der Waals surface area contributed by atoms with Crippen molar-refractivity contribution >= 4 is 28.9 Å². The average Bonchev–Trinajstić information content (AvgIpc) is 2.46. The van der Waals surface area contributed by atoms with E-state index < -0.39 is 0 Å². The molecule has 60 valence electrons. The highest BCUT2D eigenvalue weighted by Gasteiger charge is 2.01. The van der Waals surface area contributed by atoms with Gasteiger partial charge in [0.25, 0.3) is 0 Å². The molecule has 0 aromatic carbocycles. The number of nitrogens with one attached hydrogen (secondary N) is 1. The quantitative estimate of drug-likeness (QED) is 0.535. The summed E-state index contributed by atoms with van der Waals surface area (Å²) in [7, 11) is 0. The van der Waals surface area contributed by atoms with Crippen LogP contribution in [0.4, 0.5) is 0 Å². The van der Waals surface area contributed by atoms with Crippen molar-refractivity contribution in [1.82, 2.24) is 15.0 Å². The van der Waals surface area contributed by atoms with Gasteiger partial charge >= 0.3 is 0 Å². The first-order chi connectivity index (χ1) is 5.79. The van der Waals surface area contributed by atoms with Crippen LogP contribution in [0, 0.1) is 0 Å². The van der Waals surface area contributed by atoms with E-state index in [2.05, 4.69) is 15.0 Å². The van der Waals surface area contributed by atoms with Crippen molar-refractivity contribution in [2.45, 2.75) is 0 Å². The fourth-order valence-electron chi connectivity index (χ4n) is 0.981. The molecule has 0 aliphatic rings. The lowest BCUT2D eigenvalue weighted by Crippen LogP contribution is -1.80. The predicted molar refractivity (Wildman–Crippen MR) is 44.3 cm³/mol. The number of halogens is 1. The molecule has 2 aromatic heterocycles. The fourth-order valence-corrected chi connectivity index (χ4v) is 1.12. The van der Waals surface area contributed by atoms with Crippen molar-refractivity contribution in [2.75, 3.05) is 0 Å². The van der Waals surface area contributed by atoms with E-state index in [1.165, 1.54) is 6.20 Å². The maximum Gasteiger partial charge on any atom is 0.223 e. The molecule has 0 fully saturated rings. The van der Waals surface area contributed by atoms with E-state index in [0.717, 1.165) is 6.29 Å². The molecule has 4 nitrogen and oxygen atoms in total. The van der Waals surface area contributed by atoms with Crippen LogP contribution in [0.25, 0.3) is 11.0 Å². The Morgan fingerprint density at radius 3 is 3.17 bits per heavy atom. The molecule has 0 spiro atoms. The van der Waals surface area contributed by atoms with Crippen LogP contribution in [0.3, 0.4) is 0 Å². The van der Waals surface area contributed by atoms with E-state index in [0.29, 0.717) is 16.7 Å². The van der Waals surface area contributed by atoms with Gasteiger partial charge in [-0.05, 0) is 17.7 Å². The third kappa shape index (κ3) is 1.06. The van der Waals surface area contributed by atoms with Gasteiger partial charge < -0.3 is 4.98 Å². The van der Waals surface area contributed by atoms with Gasteiger partial charge in [-0.2, -0.15) is 0 Å². The maximum absolute atomic E-state index is 10.3. The van der Waals surface area contributed by atoms with Gasteiger partial charge in [0.2, 0.25) is 5.28 Å². The summed E-state index contributed by atoms with van der Waals surface area (Å²) in [4.78, 5) is 20.8. The second-order valence-corrected chi connectivity index (χ2v) is 2.62. The minimum atomic E-state index is 0.180. The molecule has 0 atom stereocenters. The Kier molecular flexibility index (Phi) is 1.55. The van der Waals surface area contributed by atoms with Crippen LogP contribution in [0.5, 0.6) is 0 Å². The van der Waals surface area contributed by atoms with Crippen molar-refractivity contribution in [2.24, 2.45) is 0 Å². The Bertz CT molecular complexity index is 437. The van der Waals surface area contributed by atoms with E-state index in [4.69, 9.17) is 11.6 Å². The fraction of sp³-hybridized carbons (Fsp3) is 0. The summed E-state index contributed by atoms with van der Waals surface area (Å²) in [5, 5.41) is 0.180. The number of hydrogen-bond acceptors (Lipinski definition) is 3. The van der Waals surface area contributed by atoms with E-state index in [1.807, 2.05) is 0 Å². The first-order valence-electron chi connectivity index (χ1n) is 3.26. The summed E-state index contributed by atoms with van der Waals surface area (Å²) in [6, 6.07) is 1.62. The largest absolute Gasteiger partial charge is 0.350 e. The van der Waals surface area contributed by atoms with Crippen molar-refractivity contribution in [3.05, 3.63) is 23.2 Å². The molecule has 0 aliphatic carbocycles. The molecule has 12 heavy (non-hydrogen) atoms. The maximum atomic E-state index is 10.3. The lowest BCUT2D eigenvalue weighted by molar-refractivity contribution is 0.112. The molecule has 2 heterocycles. The highest BCUT2D eigenvalue weighted by molar-refractivity contribution is 6.28. The molecule has 0 unspecified atom stereocenters. The van der Waals surface area contributed by atoms with Gasteiger partial charge in [-0.15, -0.1) is 0 Å². The van der Waals surface area contributed by atoms with Crippen LogP contribution < -0.4 is 0 Å². The van der Waals surface area contributed by atoms with Crippen LogP contribution in [-0.2, 0) is 0 Å². The third-order valence-corrected chi connectivity index (χ3v) is 1.67. The van der Waals surface area contributed by atoms with E-state index in [1.54, 1.807) is 6.07 Å². The first-order valence-corrected chi connectivity index (χ1v) is 3.64. The van der Waals surface area contributed by atoms with Gasteiger partial charge in [-0.25, -0.2) is 9.97 Å². The lowest BCUT2D eigenvalue weighted by Gasteiger charge is -1.87. The lowest BCUT2D eigenvalue weighted by atomic mass is 10.4. The number of aromatic nitrogens is 3. The minimum Gasteiger partial charge on any atom is -0.350 e. The molecule has 0 saturated carbocycles. The Labute approximate surface area is 72.6 Å². The van der Waals surface area contributed by atoms with Crippen LogP contribution in [0.15, 0.2) is 12.3 Å². The number of H-pyrrole nitrogens is 1. The van der Waals surface area contributed by atoms with Crippen molar-refractivity contribution in [3.63, 3.8) is 0 Å².